The summed E-state index contributed by atoms with van der Waals surface area (Å²) >= 11 is 0. The van der Waals surface area contributed by atoms with E-state index in [4.69, 9.17) is 4.74 Å². The third kappa shape index (κ3) is 2.66. The van der Waals surface area contributed by atoms with Gasteiger partial charge in [0.1, 0.15) is 17.1 Å². The minimum Gasteiger partial charge on any atom is -0.507 e. The second-order valence-corrected chi connectivity index (χ2v) is 4.83. The highest BCUT2D eigenvalue weighted by Crippen LogP contribution is 2.29. The molecule has 0 radical (unpaired) electrons. The molecule has 1 aliphatic rings. The lowest BCUT2D eigenvalue weighted by molar-refractivity contribution is -0.0445. The molecule has 5 nitrogen and oxygen atoms in total. The van der Waals surface area contributed by atoms with Gasteiger partial charge in [-0.15, -0.1) is 0 Å². The number of nitrogens with zero attached hydrogens (tertiary/aromatic N) is 1. The molecule has 0 bridgehead atoms. The first kappa shape index (κ1) is 13.7. The zero-order valence-electron chi connectivity index (χ0n) is 11.2. The number of phenols is 2. The number of ether oxygens (including phenoxy) is 1. The molecule has 1 aliphatic heterocycles. The molecule has 1 fully saturated rings. The van der Waals surface area contributed by atoms with Crippen LogP contribution in [0.25, 0.3) is 0 Å². The number of aromatic hydroxyl groups is 2. The average molecular weight is 265 g/mol. The van der Waals surface area contributed by atoms with Gasteiger partial charge in [0, 0.05) is 6.54 Å². The first-order valence-electron chi connectivity index (χ1n) is 6.48. The highest BCUT2D eigenvalue weighted by molar-refractivity contribution is 5.99. The third-order valence-corrected chi connectivity index (χ3v) is 3.43. The van der Waals surface area contributed by atoms with Crippen molar-refractivity contribution in [3.63, 3.8) is 0 Å². The quantitative estimate of drug-likeness (QED) is 0.854. The molecule has 1 aromatic carbocycles. The van der Waals surface area contributed by atoms with Gasteiger partial charge in [-0.3, -0.25) is 4.79 Å². The topological polar surface area (TPSA) is 70.0 Å². The lowest BCUT2D eigenvalue weighted by Crippen LogP contribution is -2.51. The van der Waals surface area contributed by atoms with E-state index in [0.717, 1.165) is 6.42 Å². The Morgan fingerprint density at radius 2 is 2.05 bits per heavy atom. The van der Waals surface area contributed by atoms with Crippen molar-refractivity contribution in [2.24, 2.45) is 0 Å². The van der Waals surface area contributed by atoms with E-state index in [9.17, 15) is 15.0 Å². The number of morpholine rings is 1. The zero-order chi connectivity index (χ0) is 14.0. The van der Waals surface area contributed by atoms with Gasteiger partial charge < -0.3 is 19.8 Å². The summed E-state index contributed by atoms with van der Waals surface area (Å²) < 4.78 is 5.54. The highest BCUT2D eigenvalue weighted by atomic mass is 16.5. The normalized spacial score (nSPS) is 23.4. The smallest absolute Gasteiger partial charge is 0.261 e. The summed E-state index contributed by atoms with van der Waals surface area (Å²) in [6.45, 7) is 4.83. The molecule has 0 aliphatic carbocycles. The van der Waals surface area contributed by atoms with Crippen molar-refractivity contribution in [1.82, 2.24) is 4.90 Å². The second-order valence-electron chi connectivity index (χ2n) is 4.83. The van der Waals surface area contributed by atoms with Crippen molar-refractivity contribution in [1.29, 1.82) is 0 Å². The van der Waals surface area contributed by atoms with E-state index >= 15 is 0 Å². The number of phenolic OH excluding ortho intramolecular Hbond substituents is 2. The molecule has 104 valence electrons. The van der Waals surface area contributed by atoms with Crippen molar-refractivity contribution in [3.8, 4) is 11.5 Å². The highest BCUT2D eigenvalue weighted by Gasteiger charge is 2.32. The van der Waals surface area contributed by atoms with Crippen LogP contribution in [0.3, 0.4) is 0 Å². The van der Waals surface area contributed by atoms with E-state index in [0.29, 0.717) is 13.2 Å². The molecule has 0 aromatic heterocycles. The summed E-state index contributed by atoms with van der Waals surface area (Å²) in [4.78, 5) is 14.2. The summed E-state index contributed by atoms with van der Waals surface area (Å²) in [6.07, 6.45) is 0.729. The van der Waals surface area contributed by atoms with Gasteiger partial charge in [-0.05, 0) is 25.5 Å². The van der Waals surface area contributed by atoms with Crippen molar-refractivity contribution in [2.75, 3.05) is 13.2 Å². The van der Waals surface area contributed by atoms with Crippen LogP contribution in [0.1, 0.15) is 30.6 Å². The lowest BCUT2D eigenvalue weighted by atomic mass is 10.1. The first-order chi connectivity index (χ1) is 9.04. The van der Waals surface area contributed by atoms with Gasteiger partial charge in [-0.1, -0.05) is 13.0 Å². The zero-order valence-corrected chi connectivity index (χ0v) is 11.2. The Morgan fingerprint density at radius 3 is 2.63 bits per heavy atom. The fourth-order valence-electron chi connectivity index (χ4n) is 2.32. The summed E-state index contributed by atoms with van der Waals surface area (Å²) in [6, 6.07) is 4.28. The molecular formula is C14H19NO4. The maximum Gasteiger partial charge on any atom is 0.261 e. The standard InChI is InChI=1S/C14H19NO4/c1-3-10-8-19-9(2)7-15(10)14(18)13-11(16)5-4-6-12(13)17/h4-6,9-10,16-17H,3,7-8H2,1-2H3. The molecule has 1 amide bonds. The second kappa shape index (κ2) is 5.48. The van der Waals surface area contributed by atoms with Crippen LogP contribution in [0.15, 0.2) is 18.2 Å². The molecule has 2 unspecified atom stereocenters. The summed E-state index contributed by atoms with van der Waals surface area (Å²) in [5.74, 6) is -0.740. The Balaban J connectivity index is 2.31. The Hall–Kier alpha value is -1.75. The van der Waals surface area contributed by atoms with E-state index < -0.39 is 0 Å². The Labute approximate surface area is 112 Å². The maximum absolute atomic E-state index is 12.5. The van der Waals surface area contributed by atoms with Crippen molar-refractivity contribution < 1.29 is 19.7 Å². The molecule has 1 heterocycles. The van der Waals surface area contributed by atoms with E-state index in [-0.39, 0.29) is 35.1 Å². The number of benzene rings is 1. The van der Waals surface area contributed by atoms with Crippen LogP contribution < -0.4 is 0 Å². The molecular weight excluding hydrogens is 246 g/mol. The number of hydrogen-bond acceptors (Lipinski definition) is 4. The number of amides is 1. The molecule has 0 spiro atoms. The predicted molar refractivity (Wildman–Crippen MR) is 70.3 cm³/mol. The maximum atomic E-state index is 12.5. The van der Waals surface area contributed by atoms with E-state index in [1.165, 1.54) is 18.2 Å². The van der Waals surface area contributed by atoms with Crippen LogP contribution in [0.5, 0.6) is 11.5 Å². The van der Waals surface area contributed by atoms with Crippen LogP contribution >= 0.6 is 0 Å². The first-order valence-corrected chi connectivity index (χ1v) is 6.48. The number of hydrogen-bond donors (Lipinski definition) is 2. The minimum absolute atomic E-state index is 0.0253. The number of rotatable bonds is 2. The number of carbonyl (C=O) groups is 1. The lowest BCUT2D eigenvalue weighted by Gasteiger charge is -2.38. The molecule has 19 heavy (non-hydrogen) atoms. The Bertz CT molecular complexity index is 454. The van der Waals surface area contributed by atoms with Crippen molar-refractivity contribution in [2.45, 2.75) is 32.4 Å². The largest absolute Gasteiger partial charge is 0.507 e. The summed E-state index contributed by atoms with van der Waals surface area (Å²) in [5.41, 5.74) is -0.0324. The monoisotopic (exact) mass is 265 g/mol. The summed E-state index contributed by atoms with van der Waals surface area (Å²) in [7, 11) is 0. The van der Waals surface area contributed by atoms with Crippen molar-refractivity contribution >= 4 is 5.91 Å². The molecule has 2 N–H and O–H groups in total. The van der Waals surface area contributed by atoms with Gasteiger partial charge in [0.25, 0.3) is 5.91 Å². The fourth-order valence-corrected chi connectivity index (χ4v) is 2.32. The van der Waals surface area contributed by atoms with Gasteiger partial charge >= 0.3 is 0 Å². The third-order valence-electron chi connectivity index (χ3n) is 3.43. The van der Waals surface area contributed by atoms with Crippen LogP contribution in [-0.4, -0.2) is 46.3 Å². The van der Waals surface area contributed by atoms with Crippen LogP contribution in [0, 0.1) is 0 Å². The minimum atomic E-state index is -0.349. The van der Waals surface area contributed by atoms with Gasteiger partial charge in [0.05, 0.1) is 18.8 Å². The molecule has 2 atom stereocenters. The SMILES string of the molecule is CCC1COC(C)CN1C(=O)c1c(O)cccc1O. The van der Waals surface area contributed by atoms with Crippen LogP contribution in [0.4, 0.5) is 0 Å². The van der Waals surface area contributed by atoms with Gasteiger partial charge in [0.15, 0.2) is 0 Å². The Morgan fingerprint density at radius 1 is 1.42 bits per heavy atom. The predicted octanol–water partition coefficient (Wildman–Crippen LogP) is 1.74. The van der Waals surface area contributed by atoms with Gasteiger partial charge in [-0.2, -0.15) is 0 Å². The molecule has 1 aromatic rings. The molecule has 2 rings (SSSR count). The van der Waals surface area contributed by atoms with Gasteiger partial charge in [0.2, 0.25) is 0 Å². The van der Waals surface area contributed by atoms with Gasteiger partial charge in [-0.25, -0.2) is 0 Å². The fraction of sp³-hybridized carbons (Fsp3) is 0.500. The van der Waals surface area contributed by atoms with Crippen LogP contribution in [0.2, 0.25) is 0 Å². The van der Waals surface area contributed by atoms with Crippen LogP contribution in [-0.2, 0) is 4.74 Å². The van der Waals surface area contributed by atoms with E-state index in [1.54, 1.807) is 4.90 Å². The number of carbonyl (C=O) groups excluding carboxylic acids is 1. The summed E-state index contributed by atoms with van der Waals surface area (Å²) in [5, 5.41) is 19.6. The Kier molecular flexibility index (Phi) is 3.95. The molecule has 5 heteroatoms. The van der Waals surface area contributed by atoms with Crippen molar-refractivity contribution in [3.05, 3.63) is 23.8 Å². The average Bonchev–Trinajstić information content (AvgIpc) is 2.38. The molecule has 1 saturated heterocycles. The van der Waals surface area contributed by atoms with E-state index in [2.05, 4.69) is 0 Å². The molecule has 0 saturated carbocycles. The van der Waals surface area contributed by atoms with E-state index in [1.807, 2.05) is 13.8 Å².